The number of rotatable bonds is 23. The number of nitrogens with zero attached hydrogens (tertiary/aromatic N) is 1. The fraction of sp³-hybridized carbons (Fsp3) is 0.857. The Balaban J connectivity index is 4.19. The standard InChI is InChI=1S/C28H54N2O2/c1-4-7-10-13-14-15-16-17-18-21-26-30(25-20-12-9-6-3)28(32)23-22-27(31)29-24-19-11-8-5-2/h21,26H,4-20,22-25H2,1-3H3,(H,29,31). The van der Waals surface area contributed by atoms with Gasteiger partial charge in [0.15, 0.2) is 0 Å². The fourth-order valence-corrected chi connectivity index (χ4v) is 3.82. The minimum absolute atomic E-state index is 0.00342. The second-order valence-corrected chi connectivity index (χ2v) is 9.21. The summed E-state index contributed by atoms with van der Waals surface area (Å²) in [6.07, 6.45) is 25.5. The minimum atomic E-state index is 0.00342. The number of carbonyl (C=O) groups is 2. The first-order valence-corrected chi connectivity index (χ1v) is 13.9. The lowest BCUT2D eigenvalue weighted by Gasteiger charge is -2.18. The van der Waals surface area contributed by atoms with Crippen molar-refractivity contribution in [2.45, 2.75) is 143 Å². The Bertz CT molecular complexity index is 462. The summed E-state index contributed by atoms with van der Waals surface area (Å²) in [5, 5.41) is 2.96. The van der Waals surface area contributed by atoms with Crippen LogP contribution in [0, 0.1) is 0 Å². The molecule has 0 atom stereocenters. The van der Waals surface area contributed by atoms with Crippen molar-refractivity contribution in [3.8, 4) is 0 Å². The highest BCUT2D eigenvalue weighted by Crippen LogP contribution is 2.11. The van der Waals surface area contributed by atoms with Crippen molar-refractivity contribution in [1.82, 2.24) is 10.2 Å². The number of carbonyl (C=O) groups excluding carboxylic acids is 2. The Kier molecular flexibility index (Phi) is 23.3. The van der Waals surface area contributed by atoms with Gasteiger partial charge in [0.2, 0.25) is 11.8 Å². The zero-order valence-corrected chi connectivity index (χ0v) is 21.8. The summed E-state index contributed by atoms with van der Waals surface area (Å²) in [7, 11) is 0. The maximum atomic E-state index is 12.7. The topological polar surface area (TPSA) is 49.4 Å². The third-order valence-electron chi connectivity index (χ3n) is 6.00. The normalized spacial score (nSPS) is 11.2. The maximum Gasteiger partial charge on any atom is 0.227 e. The minimum Gasteiger partial charge on any atom is -0.356 e. The molecular formula is C28H54N2O2. The van der Waals surface area contributed by atoms with Gasteiger partial charge in [-0.25, -0.2) is 0 Å². The molecule has 0 aliphatic heterocycles. The molecular weight excluding hydrogens is 396 g/mol. The lowest BCUT2D eigenvalue weighted by molar-refractivity contribution is -0.131. The van der Waals surface area contributed by atoms with Crippen molar-refractivity contribution < 1.29 is 9.59 Å². The van der Waals surface area contributed by atoms with Gasteiger partial charge >= 0.3 is 0 Å². The average Bonchev–Trinajstić information content (AvgIpc) is 2.79. The number of hydrogen-bond donors (Lipinski definition) is 1. The molecule has 0 aromatic carbocycles. The van der Waals surface area contributed by atoms with Gasteiger partial charge in [0, 0.05) is 32.1 Å². The second-order valence-electron chi connectivity index (χ2n) is 9.21. The molecule has 0 aromatic heterocycles. The largest absolute Gasteiger partial charge is 0.356 e. The van der Waals surface area contributed by atoms with Gasteiger partial charge in [-0.15, -0.1) is 0 Å². The lowest BCUT2D eigenvalue weighted by atomic mass is 10.1. The van der Waals surface area contributed by atoms with Crippen molar-refractivity contribution in [2.24, 2.45) is 0 Å². The van der Waals surface area contributed by atoms with Crippen molar-refractivity contribution >= 4 is 11.8 Å². The zero-order valence-electron chi connectivity index (χ0n) is 21.8. The lowest BCUT2D eigenvalue weighted by Crippen LogP contribution is -2.30. The monoisotopic (exact) mass is 450 g/mol. The van der Waals surface area contributed by atoms with E-state index in [-0.39, 0.29) is 11.8 Å². The molecule has 0 saturated heterocycles. The Morgan fingerprint density at radius 2 is 1.19 bits per heavy atom. The first-order chi connectivity index (χ1) is 15.7. The highest BCUT2D eigenvalue weighted by molar-refractivity contribution is 5.84. The Morgan fingerprint density at radius 3 is 1.81 bits per heavy atom. The van der Waals surface area contributed by atoms with E-state index in [2.05, 4.69) is 32.2 Å². The summed E-state index contributed by atoms with van der Waals surface area (Å²) < 4.78 is 0. The summed E-state index contributed by atoms with van der Waals surface area (Å²) in [6, 6.07) is 0. The van der Waals surface area contributed by atoms with E-state index in [1.165, 1.54) is 77.0 Å². The molecule has 4 nitrogen and oxygen atoms in total. The fourth-order valence-electron chi connectivity index (χ4n) is 3.82. The first kappa shape index (κ1) is 30.7. The SMILES string of the molecule is CCCCCCCCCCC=CN(CCCCCC)C(=O)CCC(=O)NCCCCCC. The predicted octanol–water partition coefficient (Wildman–Crippen LogP) is 7.92. The van der Waals surface area contributed by atoms with Gasteiger partial charge in [-0.2, -0.15) is 0 Å². The molecule has 0 aliphatic carbocycles. The molecule has 32 heavy (non-hydrogen) atoms. The molecule has 1 N–H and O–H groups in total. The quantitative estimate of drug-likeness (QED) is 0.161. The third-order valence-corrected chi connectivity index (χ3v) is 6.00. The van der Waals surface area contributed by atoms with E-state index in [0.29, 0.717) is 12.8 Å². The van der Waals surface area contributed by atoms with Gasteiger partial charge in [0.25, 0.3) is 0 Å². The second kappa shape index (κ2) is 24.3. The molecule has 0 fully saturated rings. The number of hydrogen-bond acceptors (Lipinski definition) is 2. The van der Waals surface area contributed by atoms with E-state index in [9.17, 15) is 9.59 Å². The number of allylic oxidation sites excluding steroid dienone is 1. The highest BCUT2D eigenvalue weighted by Gasteiger charge is 2.12. The van der Waals surface area contributed by atoms with E-state index in [4.69, 9.17) is 0 Å². The van der Waals surface area contributed by atoms with Crippen LogP contribution in [0.1, 0.15) is 143 Å². The summed E-state index contributed by atoms with van der Waals surface area (Å²) in [5.74, 6) is 0.0819. The van der Waals surface area contributed by atoms with Crippen LogP contribution < -0.4 is 5.32 Å². The molecule has 0 aliphatic rings. The van der Waals surface area contributed by atoms with Crippen LogP contribution >= 0.6 is 0 Å². The van der Waals surface area contributed by atoms with Crippen LogP contribution in [0.25, 0.3) is 0 Å². The predicted molar refractivity (Wildman–Crippen MR) is 139 cm³/mol. The van der Waals surface area contributed by atoms with Gasteiger partial charge in [-0.05, 0) is 25.7 Å². The van der Waals surface area contributed by atoms with Crippen LogP contribution in [0.3, 0.4) is 0 Å². The molecule has 0 radical (unpaired) electrons. The zero-order chi connectivity index (χ0) is 23.7. The van der Waals surface area contributed by atoms with Gasteiger partial charge in [0.1, 0.15) is 0 Å². The Hall–Kier alpha value is -1.32. The molecule has 0 unspecified atom stereocenters. The van der Waals surface area contributed by atoms with E-state index in [1.807, 2.05) is 11.1 Å². The number of nitrogens with one attached hydrogen (secondary N) is 1. The Labute approximate surface area is 200 Å². The molecule has 0 bridgehead atoms. The summed E-state index contributed by atoms with van der Waals surface area (Å²) in [5.41, 5.74) is 0. The van der Waals surface area contributed by atoms with E-state index in [0.717, 1.165) is 45.2 Å². The molecule has 0 aromatic rings. The molecule has 0 rings (SSSR count). The van der Waals surface area contributed by atoms with Gasteiger partial charge in [-0.3, -0.25) is 9.59 Å². The maximum absolute atomic E-state index is 12.7. The van der Waals surface area contributed by atoms with Crippen molar-refractivity contribution in [1.29, 1.82) is 0 Å². The van der Waals surface area contributed by atoms with Crippen molar-refractivity contribution in [3.05, 3.63) is 12.3 Å². The first-order valence-electron chi connectivity index (χ1n) is 13.9. The molecule has 2 amide bonds. The van der Waals surface area contributed by atoms with E-state index < -0.39 is 0 Å². The van der Waals surface area contributed by atoms with Gasteiger partial charge in [0.05, 0.1) is 0 Å². The van der Waals surface area contributed by atoms with Crippen LogP contribution in [0.2, 0.25) is 0 Å². The summed E-state index contributed by atoms with van der Waals surface area (Å²) >= 11 is 0. The molecule has 0 spiro atoms. The van der Waals surface area contributed by atoms with Gasteiger partial charge < -0.3 is 10.2 Å². The average molecular weight is 451 g/mol. The third kappa shape index (κ3) is 20.6. The molecule has 0 saturated carbocycles. The van der Waals surface area contributed by atoms with Crippen LogP contribution in [0.5, 0.6) is 0 Å². The van der Waals surface area contributed by atoms with Crippen LogP contribution in [-0.2, 0) is 9.59 Å². The summed E-state index contributed by atoms with van der Waals surface area (Å²) in [6.45, 7) is 8.14. The van der Waals surface area contributed by atoms with Crippen LogP contribution in [-0.4, -0.2) is 29.8 Å². The molecule has 4 heteroatoms. The summed E-state index contributed by atoms with van der Waals surface area (Å²) in [4.78, 5) is 26.6. The number of amides is 2. The van der Waals surface area contributed by atoms with E-state index in [1.54, 1.807) is 0 Å². The molecule has 188 valence electrons. The van der Waals surface area contributed by atoms with Gasteiger partial charge in [-0.1, -0.05) is 110 Å². The van der Waals surface area contributed by atoms with E-state index >= 15 is 0 Å². The van der Waals surface area contributed by atoms with Crippen molar-refractivity contribution in [2.75, 3.05) is 13.1 Å². The number of unbranched alkanes of at least 4 members (excludes halogenated alkanes) is 14. The van der Waals surface area contributed by atoms with Crippen LogP contribution in [0.15, 0.2) is 12.3 Å². The van der Waals surface area contributed by atoms with Crippen LogP contribution in [0.4, 0.5) is 0 Å². The smallest absolute Gasteiger partial charge is 0.227 e. The highest BCUT2D eigenvalue weighted by atomic mass is 16.2. The Morgan fingerprint density at radius 1 is 0.656 bits per heavy atom. The van der Waals surface area contributed by atoms with Crippen molar-refractivity contribution in [3.63, 3.8) is 0 Å². The molecule has 0 heterocycles.